The first-order valence-electron chi connectivity index (χ1n) is 8.67. The fraction of sp³-hybridized carbons (Fsp3) is 0.824. The van der Waals surface area contributed by atoms with Gasteiger partial charge in [-0.2, -0.15) is 4.98 Å². The van der Waals surface area contributed by atoms with Crippen LogP contribution < -0.4 is 0 Å². The highest BCUT2D eigenvalue weighted by molar-refractivity contribution is 5.74. The highest BCUT2D eigenvalue weighted by Gasteiger charge is 2.46. The lowest BCUT2D eigenvalue weighted by atomic mass is 9.76. The number of aliphatic carboxylic acids is 1. The molecule has 7 heteroatoms. The topological polar surface area (TPSA) is 82.7 Å². The van der Waals surface area contributed by atoms with Gasteiger partial charge in [0, 0.05) is 12.0 Å². The summed E-state index contributed by atoms with van der Waals surface area (Å²) < 4.78 is 5.36. The van der Waals surface area contributed by atoms with Gasteiger partial charge in [-0.05, 0) is 44.8 Å². The second-order valence-corrected chi connectivity index (χ2v) is 8.52. The summed E-state index contributed by atoms with van der Waals surface area (Å²) in [6.07, 6.45) is 2.83. The molecule has 0 aromatic carbocycles. The van der Waals surface area contributed by atoms with Crippen LogP contribution in [0.5, 0.6) is 0 Å². The van der Waals surface area contributed by atoms with Crippen molar-refractivity contribution in [2.75, 3.05) is 26.7 Å². The summed E-state index contributed by atoms with van der Waals surface area (Å²) in [5.74, 6) is 0.717. The molecule has 2 aliphatic rings. The number of carbonyl (C=O) groups is 1. The molecule has 0 radical (unpaired) electrons. The Morgan fingerprint density at radius 3 is 2.54 bits per heavy atom. The Bertz CT molecular complexity index is 599. The van der Waals surface area contributed by atoms with Crippen LogP contribution in [0.25, 0.3) is 0 Å². The number of piperidine rings is 1. The number of likely N-dealkylation sites (N-methyl/N-ethyl adjacent to an activating group) is 1. The van der Waals surface area contributed by atoms with Crippen molar-refractivity contribution < 1.29 is 14.4 Å². The molecule has 1 atom stereocenters. The zero-order valence-corrected chi connectivity index (χ0v) is 15.1. The average Bonchev–Trinajstić information content (AvgIpc) is 3.07. The third-order valence-electron chi connectivity index (χ3n) is 5.42. The number of nitrogens with zero attached hydrogens (tertiary/aromatic N) is 4. The fourth-order valence-electron chi connectivity index (χ4n) is 3.92. The first kappa shape index (κ1) is 17.4. The number of carboxylic acids is 1. The quantitative estimate of drug-likeness (QED) is 0.900. The van der Waals surface area contributed by atoms with Crippen LogP contribution in [0.4, 0.5) is 0 Å². The summed E-state index contributed by atoms with van der Waals surface area (Å²) >= 11 is 0. The van der Waals surface area contributed by atoms with Gasteiger partial charge in [0.05, 0.1) is 6.54 Å². The zero-order chi connectivity index (χ0) is 17.5. The average molecular weight is 336 g/mol. The van der Waals surface area contributed by atoms with Gasteiger partial charge in [-0.1, -0.05) is 25.9 Å². The number of likely N-dealkylation sites (tertiary alicyclic amines) is 2. The smallest absolute Gasteiger partial charge is 0.320 e. The second-order valence-electron chi connectivity index (χ2n) is 8.52. The van der Waals surface area contributed by atoms with E-state index in [4.69, 9.17) is 4.52 Å². The largest absolute Gasteiger partial charge is 0.480 e. The molecule has 134 valence electrons. The summed E-state index contributed by atoms with van der Waals surface area (Å²) in [4.78, 5) is 20.2. The maximum absolute atomic E-state index is 11.3. The minimum absolute atomic E-state index is 0.127. The maximum Gasteiger partial charge on any atom is 0.320 e. The van der Waals surface area contributed by atoms with Gasteiger partial charge in [-0.15, -0.1) is 0 Å². The van der Waals surface area contributed by atoms with E-state index >= 15 is 0 Å². The van der Waals surface area contributed by atoms with Crippen LogP contribution in [0.2, 0.25) is 0 Å². The van der Waals surface area contributed by atoms with Crippen molar-refractivity contribution in [1.29, 1.82) is 0 Å². The molecule has 0 saturated carbocycles. The first-order chi connectivity index (χ1) is 11.2. The van der Waals surface area contributed by atoms with Gasteiger partial charge in [0.15, 0.2) is 5.82 Å². The molecule has 0 bridgehead atoms. The number of carboxylic acid groups (broad SMARTS) is 1. The van der Waals surface area contributed by atoms with Crippen molar-refractivity contribution in [1.82, 2.24) is 19.9 Å². The Kier molecular flexibility index (Phi) is 4.42. The summed E-state index contributed by atoms with van der Waals surface area (Å²) in [6, 6.07) is -0.330. The highest BCUT2D eigenvalue weighted by Crippen LogP contribution is 2.43. The van der Waals surface area contributed by atoms with Gasteiger partial charge >= 0.3 is 5.97 Å². The van der Waals surface area contributed by atoms with Crippen molar-refractivity contribution in [2.45, 2.75) is 58.0 Å². The molecule has 2 aliphatic heterocycles. The Labute approximate surface area is 143 Å². The molecule has 2 fully saturated rings. The van der Waals surface area contributed by atoms with Crippen LogP contribution >= 0.6 is 0 Å². The SMILES string of the molecule is CN1CC2(CCN(Cc3noc(C(C)(C)C)n3)CC2)C[C@@H]1C(=O)O. The lowest BCUT2D eigenvalue weighted by Crippen LogP contribution is -2.41. The molecule has 24 heavy (non-hydrogen) atoms. The third-order valence-corrected chi connectivity index (χ3v) is 5.42. The molecule has 3 heterocycles. The maximum atomic E-state index is 11.3. The van der Waals surface area contributed by atoms with E-state index < -0.39 is 5.97 Å². The lowest BCUT2D eigenvalue weighted by Gasteiger charge is -2.38. The Morgan fingerprint density at radius 1 is 1.38 bits per heavy atom. The van der Waals surface area contributed by atoms with Gasteiger partial charge in [-0.3, -0.25) is 14.6 Å². The van der Waals surface area contributed by atoms with Crippen LogP contribution in [-0.2, 0) is 16.8 Å². The van der Waals surface area contributed by atoms with Crippen molar-refractivity contribution in [3.05, 3.63) is 11.7 Å². The Hall–Kier alpha value is -1.47. The van der Waals surface area contributed by atoms with E-state index in [9.17, 15) is 9.90 Å². The van der Waals surface area contributed by atoms with Gasteiger partial charge in [-0.25, -0.2) is 0 Å². The van der Waals surface area contributed by atoms with E-state index in [-0.39, 0.29) is 16.9 Å². The third kappa shape index (κ3) is 3.47. The normalized spacial score (nSPS) is 25.4. The van der Waals surface area contributed by atoms with Crippen LogP contribution in [0.1, 0.15) is 51.7 Å². The zero-order valence-electron chi connectivity index (χ0n) is 15.1. The van der Waals surface area contributed by atoms with E-state index in [1.807, 2.05) is 11.9 Å². The predicted molar refractivity (Wildman–Crippen MR) is 88.6 cm³/mol. The number of rotatable bonds is 3. The molecule has 3 rings (SSSR count). The molecule has 0 aliphatic carbocycles. The van der Waals surface area contributed by atoms with Crippen LogP contribution in [0.15, 0.2) is 4.52 Å². The van der Waals surface area contributed by atoms with Crippen LogP contribution in [-0.4, -0.2) is 63.7 Å². The van der Waals surface area contributed by atoms with Crippen LogP contribution in [0, 0.1) is 5.41 Å². The molecular formula is C17H28N4O3. The summed E-state index contributed by atoms with van der Waals surface area (Å²) in [6.45, 7) is 9.68. The van der Waals surface area contributed by atoms with Crippen molar-refractivity contribution >= 4 is 5.97 Å². The Balaban J connectivity index is 1.56. The molecule has 1 N–H and O–H groups in total. The van der Waals surface area contributed by atoms with Crippen molar-refractivity contribution in [3.8, 4) is 0 Å². The van der Waals surface area contributed by atoms with Crippen molar-refractivity contribution in [2.24, 2.45) is 5.41 Å². The van der Waals surface area contributed by atoms with E-state index in [1.165, 1.54) is 0 Å². The fourth-order valence-corrected chi connectivity index (χ4v) is 3.92. The van der Waals surface area contributed by atoms with E-state index in [1.54, 1.807) is 0 Å². The van der Waals surface area contributed by atoms with E-state index in [0.717, 1.165) is 44.7 Å². The summed E-state index contributed by atoms with van der Waals surface area (Å²) in [7, 11) is 1.92. The highest BCUT2D eigenvalue weighted by atomic mass is 16.5. The van der Waals surface area contributed by atoms with E-state index in [0.29, 0.717) is 12.4 Å². The second kappa shape index (κ2) is 6.11. The minimum Gasteiger partial charge on any atom is -0.480 e. The Morgan fingerprint density at radius 2 is 2.04 bits per heavy atom. The van der Waals surface area contributed by atoms with Crippen molar-refractivity contribution in [3.63, 3.8) is 0 Å². The summed E-state index contributed by atoms with van der Waals surface area (Å²) in [5, 5.41) is 13.4. The molecular weight excluding hydrogens is 308 g/mol. The standard InChI is InChI=1S/C17H28N4O3/c1-16(2,3)15-18-13(19-24-15)10-21-7-5-17(6-8-21)9-12(14(22)23)20(4)11-17/h12H,5-11H2,1-4H3,(H,22,23)/t12-/m1/s1. The van der Waals surface area contributed by atoms with Gasteiger partial charge in [0.2, 0.25) is 5.89 Å². The summed E-state index contributed by atoms with van der Waals surface area (Å²) in [5.41, 5.74) is 0.0274. The molecule has 1 spiro atoms. The number of aromatic nitrogens is 2. The molecule has 1 aromatic heterocycles. The molecule has 7 nitrogen and oxygen atoms in total. The van der Waals surface area contributed by atoms with Gasteiger partial charge in [0.1, 0.15) is 6.04 Å². The first-order valence-corrected chi connectivity index (χ1v) is 8.67. The van der Waals surface area contributed by atoms with E-state index in [2.05, 4.69) is 35.8 Å². The predicted octanol–water partition coefficient (Wildman–Crippen LogP) is 1.74. The number of hydrogen-bond acceptors (Lipinski definition) is 6. The van der Waals surface area contributed by atoms with Gasteiger partial charge in [0.25, 0.3) is 0 Å². The molecule has 0 unspecified atom stereocenters. The van der Waals surface area contributed by atoms with Gasteiger partial charge < -0.3 is 9.63 Å². The molecule has 2 saturated heterocycles. The van der Waals surface area contributed by atoms with Crippen LogP contribution in [0.3, 0.4) is 0 Å². The number of hydrogen-bond donors (Lipinski definition) is 1. The minimum atomic E-state index is -0.696. The molecule has 0 amide bonds. The lowest BCUT2D eigenvalue weighted by molar-refractivity contribution is -0.141. The monoisotopic (exact) mass is 336 g/mol. The molecule has 1 aromatic rings.